The van der Waals surface area contributed by atoms with E-state index < -0.39 is 0 Å². The van der Waals surface area contributed by atoms with E-state index in [1.54, 1.807) is 0 Å². The molecule has 1 fully saturated rings. The molecule has 0 bridgehead atoms. The maximum atomic E-state index is 5.52. The summed E-state index contributed by atoms with van der Waals surface area (Å²) in [6.07, 6.45) is 6.00. The van der Waals surface area contributed by atoms with Crippen molar-refractivity contribution in [3.05, 3.63) is 47.0 Å². The summed E-state index contributed by atoms with van der Waals surface area (Å²) in [6, 6.07) is 9.54. The third kappa shape index (κ3) is 6.27. The first-order chi connectivity index (χ1) is 11.8. The van der Waals surface area contributed by atoms with E-state index in [0.29, 0.717) is 6.04 Å². The Bertz CT molecular complexity index is 548. The van der Waals surface area contributed by atoms with Gasteiger partial charge in [-0.15, -0.1) is 0 Å². The summed E-state index contributed by atoms with van der Waals surface area (Å²) in [5.41, 5.74) is 4.33. The smallest absolute Gasteiger partial charge is 0.0469 e. The lowest BCUT2D eigenvalue weighted by molar-refractivity contribution is 0.0513. The first-order valence-electron chi connectivity index (χ1n) is 9.78. The third-order valence-corrected chi connectivity index (χ3v) is 5.53. The minimum Gasteiger partial charge on any atom is -0.381 e. The Morgan fingerprint density at radius 2 is 1.80 bits per heavy atom. The zero-order valence-electron chi connectivity index (χ0n) is 17.1. The van der Waals surface area contributed by atoms with Crippen molar-refractivity contribution in [2.45, 2.75) is 65.3 Å². The molecule has 1 atom stereocenters. The van der Waals surface area contributed by atoms with Crippen LogP contribution in [0.2, 0.25) is 0 Å². The second kappa shape index (κ2) is 9.00. The molecule has 0 aliphatic carbocycles. The normalized spacial score (nSPS) is 17.6. The van der Waals surface area contributed by atoms with E-state index in [9.17, 15) is 0 Å². The molecule has 1 aliphatic heterocycles. The van der Waals surface area contributed by atoms with E-state index in [1.165, 1.54) is 36.1 Å². The number of ether oxygens (including phenoxy) is 1. The van der Waals surface area contributed by atoms with Crippen molar-refractivity contribution in [3.63, 3.8) is 0 Å². The minimum atomic E-state index is 0.161. The van der Waals surface area contributed by atoms with Gasteiger partial charge in [0, 0.05) is 25.8 Å². The molecule has 1 aromatic carbocycles. The van der Waals surface area contributed by atoms with Crippen LogP contribution in [0.1, 0.15) is 58.1 Å². The molecule has 1 unspecified atom stereocenters. The molecule has 0 spiro atoms. The van der Waals surface area contributed by atoms with Gasteiger partial charge < -0.3 is 4.74 Å². The molecule has 0 N–H and O–H groups in total. The van der Waals surface area contributed by atoms with Gasteiger partial charge >= 0.3 is 0 Å². The molecule has 0 radical (unpaired) electrons. The predicted octanol–water partition coefficient (Wildman–Crippen LogP) is 5.36. The Kier molecular flexibility index (Phi) is 7.27. The Hall–Kier alpha value is -1.12. The van der Waals surface area contributed by atoms with Crippen LogP contribution >= 0.6 is 0 Å². The molecule has 0 amide bonds. The highest BCUT2D eigenvalue weighted by molar-refractivity contribution is 5.28. The van der Waals surface area contributed by atoms with E-state index >= 15 is 0 Å². The lowest BCUT2D eigenvalue weighted by Crippen LogP contribution is -2.39. The van der Waals surface area contributed by atoms with Crippen molar-refractivity contribution < 1.29 is 4.74 Å². The van der Waals surface area contributed by atoms with Gasteiger partial charge in [0.2, 0.25) is 0 Å². The van der Waals surface area contributed by atoms with E-state index in [4.69, 9.17) is 4.74 Å². The van der Waals surface area contributed by atoms with Gasteiger partial charge in [-0.2, -0.15) is 0 Å². The van der Waals surface area contributed by atoms with Crippen LogP contribution in [0.25, 0.3) is 0 Å². The van der Waals surface area contributed by atoms with E-state index in [-0.39, 0.29) is 5.41 Å². The zero-order valence-corrected chi connectivity index (χ0v) is 17.1. The van der Waals surface area contributed by atoms with Crippen LogP contribution < -0.4 is 0 Å². The molecule has 0 aromatic heterocycles. The van der Waals surface area contributed by atoms with Gasteiger partial charge in [0.1, 0.15) is 0 Å². The van der Waals surface area contributed by atoms with Crippen LogP contribution in [0.3, 0.4) is 0 Å². The number of hydrogen-bond donors (Lipinski definition) is 0. The summed E-state index contributed by atoms with van der Waals surface area (Å²) >= 11 is 0. The van der Waals surface area contributed by atoms with Crippen LogP contribution in [0, 0.1) is 12.8 Å². The topological polar surface area (TPSA) is 12.5 Å². The Labute approximate surface area is 155 Å². The molecular weight excluding hydrogens is 306 g/mol. The standard InChI is InChI=1S/C23H37NO/c1-18(2)15-22(24(6)17-20-11-13-25-14-12-20)16-23(4,5)21-9-7-19(3)8-10-21/h7-10,15,20,22H,11-14,16-17H2,1-6H3. The summed E-state index contributed by atoms with van der Waals surface area (Å²) < 4.78 is 5.52. The Morgan fingerprint density at radius 3 is 2.36 bits per heavy atom. The van der Waals surface area contributed by atoms with Crippen molar-refractivity contribution in [1.29, 1.82) is 0 Å². The van der Waals surface area contributed by atoms with Crippen molar-refractivity contribution in [2.24, 2.45) is 5.92 Å². The van der Waals surface area contributed by atoms with Gasteiger partial charge in [0.15, 0.2) is 0 Å². The van der Waals surface area contributed by atoms with E-state index in [1.807, 2.05) is 0 Å². The SMILES string of the molecule is CC(C)=CC(CC(C)(C)c1ccc(C)cc1)N(C)CC1CCOCC1. The van der Waals surface area contributed by atoms with Gasteiger partial charge in [-0.25, -0.2) is 0 Å². The summed E-state index contributed by atoms with van der Waals surface area (Å²) in [4.78, 5) is 2.57. The van der Waals surface area contributed by atoms with Crippen molar-refractivity contribution in [2.75, 3.05) is 26.8 Å². The van der Waals surface area contributed by atoms with Crippen molar-refractivity contribution in [3.8, 4) is 0 Å². The molecule has 2 heteroatoms. The highest BCUT2D eigenvalue weighted by Gasteiger charge is 2.28. The van der Waals surface area contributed by atoms with E-state index in [0.717, 1.165) is 25.6 Å². The average molecular weight is 344 g/mol. The Morgan fingerprint density at radius 1 is 1.20 bits per heavy atom. The third-order valence-electron chi connectivity index (χ3n) is 5.53. The van der Waals surface area contributed by atoms with Gasteiger partial charge in [-0.3, -0.25) is 4.90 Å². The molecule has 0 saturated carbocycles. The molecule has 2 nitrogen and oxygen atoms in total. The zero-order chi connectivity index (χ0) is 18.4. The molecule has 1 aliphatic rings. The lowest BCUT2D eigenvalue weighted by Gasteiger charge is -2.36. The highest BCUT2D eigenvalue weighted by Crippen LogP contribution is 2.31. The van der Waals surface area contributed by atoms with Gasteiger partial charge in [-0.05, 0) is 64.0 Å². The molecular formula is C23H37NO. The fourth-order valence-corrected chi connectivity index (χ4v) is 3.84. The van der Waals surface area contributed by atoms with Gasteiger partial charge in [0.05, 0.1) is 0 Å². The quantitative estimate of drug-likeness (QED) is 0.618. The summed E-state index contributed by atoms with van der Waals surface area (Å²) in [7, 11) is 2.30. The van der Waals surface area contributed by atoms with E-state index in [2.05, 4.69) is 76.9 Å². The fourth-order valence-electron chi connectivity index (χ4n) is 3.84. The summed E-state index contributed by atoms with van der Waals surface area (Å²) in [6.45, 7) is 14.4. The van der Waals surface area contributed by atoms with Crippen LogP contribution in [-0.4, -0.2) is 37.7 Å². The lowest BCUT2D eigenvalue weighted by atomic mass is 9.78. The fraction of sp³-hybridized carbons (Fsp3) is 0.652. The minimum absolute atomic E-state index is 0.161. The number of likely N-dealkylation sites (N-methyl/N-ethyl adjacent to an activating group) is 1. The first-order valence-corrected chi connectivity index (χ1v) is 9.78. The predicted molar refractivity (Wildman–Crippen MR) is 108 cm³/mol. The van der Waals surface area contributed by atoms with Gasteiger partial charge in [-0.1, -0.05) is 55.3 Å². The average Bonchev–Trinajstić information content (AvgIpc) is 2.55. The van der Waals surface area contributed by atoms with Crippen LogP contribution in [-0.2, 0) is 10.2 Å². The molecule has 140 valence electrons. The maximum absolute atomic E-state index is 5.52. The summed E-state index contributed by atoms with van der Waals surface area (Å²) in [5.74, 6) is 0.772. The molecule has 2 rings (SSSR count). The number of rotatable bonds is 7. The first kappa shape index (κ1) is 20.2. The van der Waals surface area contributed by atoms with Crippen LogP contribution in [0.4, 0.5) is 0 Å². The number of aryl methyl sites for hydroxylation is 1. The summed E-state index contributed by atoms with van der Waals surface area (Å²) in [5, 5.41) is 0. The Balaban J connectivity index is 2.10. The number of allylic oxidation sites excluding steroid dienone is 1. The van der Waals surface area contributed by atoms with Crippen molar-refractivity contribution in [1.82, 2.24) is 4.90 Å². The van der Waals surface area contributed by atoms with Crippen LogP contribution in [0.5, 0.6) is 0 Å². The highest BCUT2D eigenvalue weighted by atomic mass is 16.5. The number of benzene rings is 1. The number of nitrogens with zero attached hydrogens (tertiary/aromatic N) is 1. The molecule has 1 saturated heterocycles. The molecule has 1 heterocycles. The monoisotopic (exact) mass is 343 g/mol. The van der Waals surface area contributed by atoms with Crippen LogP contribution in [0.15, 0.2) is 35.9 Å². The van der Waals surface area contributed by atoms with Gasteiger partial charge in [0.25, 0.3) is 0 Å². The molecule has 25 heavy (non-hydrogen) atoms. The largest absolute Gasteiger partial charge is 0.381 e. The second-order valence-electron chi connectivity index (χ2n) is 8.76. The molecule has 1 aromatic rings. The maximum Gasteiger partial charge on any atom is 0.0469 e. The number of hydrogen-bond acceptors (Lipinski definition) is 2. The van der Waals surface area contributed by atoms with Crippen molar-refractivity contribution >= 4 is 0 Å². The second-order valence-corrected chi connectivity index (χ2v) is 8.76.